The van der Waals surface area contributed by atoms with E-state index < -0.39 is 11.9 Å². The number of aromatic carboxylic acids is 1. The summed E-state index contributed by atoms with van der Waals surface area (Å²) in [6.45, 7) is 0.926. The molecule has 8 aromatic rings. The summed E-state index contributed by atoms with van der Waals surface area (Å²) < 4.78 is 3.77. The summed E-state index contributed by atoms with van der Waals surface area (Å²) in [5, 5.41) is 14.3. The van der Waals surface area contributed by atoms with Crippen LogP contribution in [-0.4, -0.2) is 26.1 Å². The van der Waals surface area contributed by atoms with Crippen molar-refractivity contribution in [2.75, 3.05) is 0 Å². The lowest BCUT2D eigenvalue weighted by molar-refractivity contribution is 0.0682. The number of rotatable bonds is 10. The lowest BCUT2D eigenvalue weighted by Crippen LogP contribution is -2.18. The van der Waals surface area contributed by atoms with Crippen LogP contribution in [0.2, 0.25) is 20.1 Å². The minimum Gasteiger partial charge on any atom is -0.477 e. The van der Waals surface area contributed by atoms with E-state index >= 15 is 0 Å². The monoisotopic (exact) mass is 887 g/mol. The summed E-state index contributed by atoms with van der Waals surface area (Å²) in [6.07, 6.45) is 0. The van der Waals surface area contributed by atoms with Crippen molar-refractivity contribution < 1.29 is 14.7 Å². The highest BCUT2D eigenvalue weighted by Crippen LogP contribution is 2.41. The molecular weight excluding hydrogens is 857 g/mol. The fourth-order valence-corrected chi connectivity index (χ4v) is 9.14. The minimum atomic E-state index is -0.972. The van der Waals surface area contributed by atoms with Gasteiger partial charge in [0.05, 0.1) is 20.8 Å². The van der Waals surface area contributed by atoms with Gasteiger partial charge in [-0.3, -0.25) is 4.79 Å². The van der Waals surface area contributed by atoms with Crippen LogP contribution in [0.25, 0.3) is 21.8 Å². The van der Waals surface area contributed by atoms with Gasteiger partial charge in [-0.25, -0.2) is 4.79 Å². The van der Waals surface area contributed by atoms with Crippen molar-refractivity contribution in [1.29, 1.82) is 0 Å². The van der Waals surface area contributed by atoms with Crippen LogP contribution in [0.1, 0.15) is 32.1 Å². The molecule has 0 atom stereocenters. The smallest absolute Gasteiger partial charge is 0.353 e. The minimum absolute atomic E-state index is 0. The number of benzene rings is 6. The number of amides is 1. The van der Waals surface area contributed by atoms with E-state index in [4.69, 9.17) is 52.1 Å². The van der Waals surface area contributed by atoms with E-state index in [-0.39, 0.29) is 19.2 Å². The molecule has 0 fully saturated rings. The number of primary amides is 1. The summed E-state index contributed by atoms with van der Waals surface area (Å²) in [4.78, 5) is 28.2. The molecule has 288 valence electrons. The Labute approximate surface area is 364 Å². The SMILES string of the molecule is NC(=O)c1c(Sc2ccccc2)c2cc(Cl)ccc2n1Cc1ccc(Cl)cc1.O=C(O)c1c(Sc2ccccc2)c2cc(Cl)ccc2n1Cc1ccc(Cl)cc1.S. The predicted octanol–water partition coefficient (Wildman–Crippen LogP) is 13.2. The average Bonchev–Trinajstić information content (AvgIpc) is 3.64. The Morgan fingerprint density at radius 3 is 1.28 bits per heavy atom. The number of nitrogens with zero attached hydrogens (tertiary/aromatic N) is 2. The Balaban J connectivity index is 0.000000189. The van der Waals surface area contributed by atoms with Crippen molar-refractivity contribution in [1.82, 2.24) is 9.13 Å². The molecular formula is C44H33Cl4N3O3S3. The van der Waals surface area contributed by atoms with E-state index in [1.54, 1.807) is 18.2 Å². The van der Waals surface area contributed by atoms with Gasteiger partial charge in [-0.15, -0.1) is 0 Å². The number of halogens is 4. The standard InChI is InChI=1S/C22H16Cl2N2OS.C22H15Cl2NO2S.H2S/c23-15-8-6-14(7-9-15)13-26-19-11-10-16(24)12-18(19)21(20(26)22(25)27)28-17-4-2-1-3-5-17;23-15-8-6-14(7-9-15)13-25-19-11-10-16(24)12-18(19)21(20(25)22(26)27)28-17-4-2-1-3-5-17;/h1-12H,13H2,(H2,25,27);1-12H,13H2,(H,26,27);1H2. The maximum Gasteiger partial charge on any atom is 0.353 e. The Hall–Kier alpha value is -4.45. The second kappa shape index (κ2) is 18.9. The molecule has 2 heterocycles. The van der Waals surface area contributed by atoms with E-state index in [1.807, 2.05) is 137 Å². The number of carbonyl (C=O) groups excluding carboxylic acids is 1. The van der Waals surface area contributed by atoms with Gasteiger partial charge in [0.1, 0.15) is 11.4 Å². The van der Waals surface area contributed by atoms with Gasteiger partial charge >= 0.3 is 5.97 Å². The zero-order valence-corrected chi connectivity index (χ0v) is 35.5. The van der Waals surface area contributed by atoms with Gasteiger partial charge in [0.25, 0.3) is 5.91 Å². The summed E-state index contributed by atoms with van der Waals surface area (Å²) in [7, 11) is 0. The zero-order chi connectivity index (χ0) is 39.3. The van der Waals surface area contributed by atoms with Gasteiger partial charge in [-0.05, 0) is 96.1 Å². The van der Waals surface area contributed by atoms with Crippen molar-refractivity contribution in [3.05, 3.63) is 188 Å². The van der Waals surface area contributed by atoms with Crippen LogP contribution < -0.4 is 5.73 Å². The number of aromatic nitrogens is 2. The summed E-state index contributed by atoms with van der Waals surface area (Å²) in [5.74, 6) is -1.44. The second-order valence-electron chi connectivity index (χ2n) is 12.6. The summed E-state index contributed by atoms with van der Waals surface area (Å²) >= 11 is 27.4. The quantitative estimate of drug-likeness (QED) is 0.143. The molecule has 8 rings (SSSR count). The van der Waals surface area contributed by atoms with Gasteiger partial charge in [-0.2, -0.15) is 13.5 Å². The third kappa shape index (κ3) is 9.82. The topological polar surface area (TPSA) is 90.2 Å². The van der Waals surface area contributed by atoms with Gasteiger partial charge in [-0.1, -0.05) is 131 Å². The molecule has 6 aromatic carbocycles. The van der Waals surface area contributed by atoms with Crippen LogP contribution in [0.4, 0.5) is 0 Å². The van der Waals surface area contributed by atoms with Crippen molar-refractivity contribution in [3.8, 4) is 0 Å². The molecule has 1 amide bonds. The van der Waals surface area contributed by atoms with E-state index in [0.717, 1.165) is 47.6 Å². The molecule has 0 aliphatic carbocycles. The molecule has 0 saturated carbocycles. The Morgan fingerprint density at radius 1 is 0.526 bits per heavy atom. The second-order valence-corrected chi connectivity index (χ2v) is 16.5. The highest BCUT2D eigenvalue weighted by Gasteiger charge is 2.25. The lowest BCUT2D eigenvalue weighted by Gasteiger charge is -2.10. The van der Waals surface area contributed by atoms with Crippen molar-refractivity contribution in [2.45, 2.75) is 32.7 Å². The predicted molar refractivity (Wildman–Crippen MR) is 242 cm³/mol. The molecule has 0 unspecified atom stereocenters. The first-order valence-corrected chi connectivity index (χ1v) is 20.3. The molecule has 0 radical (unpaired) electrons. The number of carbonyl (C=O) groups is 2. The van der Waals surface area contributed by atoms with Crippen LogP contribution in [0.3, 0.4) is 0 Å². The molecule has 0 bridgehead atoms. The Morgan fingerprint density at radius 2 is 0.895 bits per heavy atom. The summed E-state index contributed by atoms with van der Waals surface area (Å²) in [6, 6.07) is 45.7. The molecule has 2 aromatic heterocycles. The average molecular weight is 890 g/mol. The first-order valence-electron chi connectivity index (χ1n) is 17.2. The zero-order valence-electron chi connectivity index (χ0n) is 29.8. The largest absolute Gasteiger partial charge is 0.477 e. The van der Waals surface area contributed by atoms with Crippen LogP contribution >= 0.6 is 83.4 Å². The maximum absolute atomic E-state index is 12.5. The summed E-state index contributed by atoms with van der Waals surface area (Å²) in [5.41, 5.74) is 10.3. The normalized spacial score (nSPS) is 10.9. The number of hydrogen-bond acceptors (Lipinski definition) is 4. The van der Waals surface area contributed by atoms with E-state index in [1.165, 1.54) is 23.5 Å². The first-order chi connectivity index (χ1) is 27.0. The number of carboxylic acid groups (broad SMARTS) is 1. The van der Waals surface area contributed by atoms with Crippen LogP contribution in [-0.2, 0) is 13.1 Å². The van der Waals surface area contributed by atoms with E-state index in [0.29, 0.717) is 43.8 Å². The number of carboxylic acids is 1. The molecule has 0 aliphatic heterocycles. The fraction of sp³-hybridized carbons (Fsp3) is 0.0455. The van der Waals surface area contributed by atoms with Crippen molar-refractivity contribution in [3.63, 3.8) is 0 Å². The van der Waals surface area contributed by atoms with Gasteiger partial charge in [0, 0.05) is 53.7 Å². The molecule has 13 heteroatoms. The number of nitrogens with two attached hydrogens (primary N) is 1. The number of fused-ring (bicyclic) bond motifs is 2. The van der Waals surface area contributed by atoms with Gasteiger partial charge in [0.15, 0.2) is 0 Å². The third-order valence-corrected chi connectivity index (χ3v) is 12.1. The van der Waals surface area contributed by atoms with Crippen LogP contribution in [0, 0.1) is 0 Å². The van der Waals surface area contributed by atoms with Gasteiger partial charge in [0.2, 0.25) is 0 Å². The van der Waals surface area contributed by atoms with Crippen molar-refractivity contribution in [2.24, 2.45) is 5.73 Å². The van der Waals surface area contributed by atoms with E-state index in [9.17, 15) is 14.7 Å². The van der Waals surface area contributed by atoms with Gasteiger partial charge < -0.3 is 20.0 Å². The van der Waals surface area contributed by atoms with Crippen molar-refractivity contribution >= 4 is 117 Å². The third-order valence-electron chi connectivity index (χ3n) is 8.83. The van der Waals surface area contributed by atoms with Crippen LogP contribution in [0.15, 0.2) is 165 Å². The molecule has 3 N–H and O–H groups in total. The fourth-order valence-electron chi connectivity index (χ4n) is 6.34. The number of hydrogen-bond donors (Lipinski definition) is 2. The molecule has 0 saturated heterocycles. The molecule has 6 nitrogen and oxygen atoms in total. The first kappa shape index (κ1) is 42.2. The Kier molecular flexibility index (Phi) is 14.0. The Bertz CT molecular complexity index is 2500. The highest BCUT2D eigenvalue weighted by molar-refractivity contribution is 8.00. The molecule has 57 heavy (non-hydrogen) atoms. The van der Waals surface area contributed by atoms with Crippen LogP contribution in [0.5, 0.6) is 0 Å². The molecule has 0 aliphatic rings. The lowest BCUT2D eigenvalue weighted by atomic mass is 10.2. The maximum atomic E-state index is 12.5. The highest BCUT2D eigenvalue weighted by atomic mass is 35.5. The molecule has 0 spiro atoms. The van der Waals surface area contributed by atoms with E-state index in [2.05, 4.69) is 0 Å².